The Hall–Kier alpha value is -2.02. The van der Waals surface area contributed by atoms with Gasteiger partial charge >= 0.3 is 6.18 Å². The second-order valence-corrected chi connectivity index (χ2v) is 8.94. The number of rotatable bonds is 6. The standard InChI is InChI=1S/C22H27F3N4/c23-22(24,25)13-28-11-18(8-15-4-5-15)29(10-17-9-26-14-27-17)21-3-1-2-19(16-6-7-16)20(21)12-28/h1-3,9,14-16,18H,4-8,10-13H2,(H,26,27)/t18-/m1/s1. The smallest absolute Gasteiger partial charge is 0.361 e. The number of nitrogens with one attached hydrogen (secondary N) is 1. The van der Waals surface area contributed by atoms with Gasteiger partial charge in [0.2, 0.25) is 0 Å². The van der Waals surface area contributed by atoms with E-state index in [0.29, 0.717) is 31.5 Å². The van der Waals surface area contributed by atoms with Crippen molar-refractivity contribution in [3.8, 4) is 0 Å². The van der Waals surface area contributed by atoms with Crippen molar-refractivity contribution in [3.63, 3.8) is 0 Å². The number of fused-ring (bicyclic) bond motifs is 1. The van der Waals surface area contributed by atoms with E-state index < -0.39 is 12.7 Å². The monoisotopic (exact) mass is 404 g/mol. The van der Waals surface area contributed by atoms with Crippen molar-refractivity contribution >= 4 is 5.69 Å². The van der Waals surface area contributed by atoms with Crippen molar-refractivity contribution in [3.05, 3.63) is 47.5 Å². The largest absolute Gasteiger partial charge is 0.401 e. The molecular formula is C22H27F3N4. The summed E-state index contributed by atoms with van der Waals surface area (Å²) in [4.78, 5) is 11.3. The molecule has 1 aromatic heterocycles. The van der Waals surface area contributed by atoms with E-state index in [-0.39, 0.29) is 6.04 Å². The number of H-pyrrole nitrogens is 1. The first kappa shape index (κ1) is 19.0. The maximum atomic E-state index is 13.4. The molecule has 156 valence electrons. The van der Waals surface area contributed by atoms with E-state index in [1.165, 1.54) is 18.4 Å². The van der Waals surface area contributed by atoms with Crippen LogP contribution in [0.15, 0.2) is 30.7 Å². The van der Waals surface area contributed by atoms with E-state index in [1.807, 2.05) is 6.20 Å². The molecule has 0 amide bonds. The molecule has 29 heavy (non-hydrogen) atoms. The van der Waals surface area contributed by atoms with Crippen LogP contribution in [0.5, 0.6) is 0 Å². The summed E-state index contributed by atoms with van der Waals surface area (Å²) in [6.45, 7) is 0.633. The Labute approximate surface area is 169 Å². The van der Waals surface area contributed by atoms with E-state index in [4.69, 9.17) is 0 Å². The van der Waals surface area contributed by atoms with E-state index in [2.05, 4.69) is 33.1 Å². The Balaban J connectivity index is 1.55. The molecule has 2 heterocycles. The molecule has 0 bridgehead atoms. The predicted octanol–water partition coefficient (Wildman–Crippen LogP) is 4.84. The van der Waals surface area contributed by atoms with Gasteiger partial charge in [-0.2, -0.15) is 13.2 Å². The summed E-state index contributed by atoms with van der Waals surface area (Å²) in [5, 5.41) is 0. The highest BCUT2D eigenvalue weighted by Crippen LogP contribution is 2.46. The first-order valence-corrected chi connectivity index (χ1v) is 10.6. The van der Waals surface area contributed by atoms with Crippen molar-refractivity contribution in [2.24, 2.45) is 5.92 Å². The predicted molar refractivity (Wildman–Crippen MR) is 106 cm³/mol. The van der Waals surface area contributed by atoms with Gasteiger partial charge in [0.05, 0.1) is 25.1 Å². The summed E-state index contributed by atoms with van der Waals surface area (Å²) in [5.41, 5.74) is 4.45. The fourth-order valence-corrected chi connectivity index (χ4v) is 4.77. The Morgan fingerprint density at radius 2 is 1.97 bits per heavy atom. The SMILES string of the molecule is FC(F)(F)CN1Cc2c(C3CC3)cccc2N(Cc2cnc[nH]2)[C@H](CC2CC2)C1. The summed E-state index contributed by atoms with van der Waals surface area (Å²) >= 11 is 0. The third-order valence-electron chi connectivity index (χ3n) is 6.41. The lowest BCUT2D eigenvalue weighted by molar-refractivity contribution is -0.147. The van der Waals surface area contributed by atoms with Gasteiger partial charge in [-0.15, -0.1) is 0 Å². The number of anilines is 1. The molecule has 1 aliphatic heterocycles. The molecule has 0 spiro atoms. The van der Waals surface area contributed by atoms with Crippen LogP contribution in [0.3, 0.4) is 0 Å². The van der Waals surface area contributed by atoms with Gasteiger partial charge in [0.15, 0.2) is 0 Å². The van der Waals surface area contributed by atoms with Crippen LogP contribution in [0, 0.1) is 5.92 Å². The normalized spacial score (nSPS) is 23.1. The maximum absolute atomic E-state index is 13.4. The summed E-state index contributed by atoms with van der Waals surface area (Å²) in [6, 6.07) is 6.38. The second kappa shape index (κ2) is 7.35. The molecule has 2 saturated carbocycles. The summed E-state index contributed by atoms with van der Waals surface area (Å²) in [5.74, 6) is 1.15. The number of halogens is 3. The number of nitrogens with zero attached hydrogens (tertiary/aromatic N) is 3. The molecule has 7 heteroatoms. The van der Waals surface area contributed by atoms with E-state index in [9.17, 15) is 13.2 Å². The molecule has 2 aliphatic carbocycles. The highest BCUT2D eigenvalue weighted by Gasteiger charge is 2.39. The van der Waals surface area contributed by atoms with Crippen LogP contribution in [0.4, 0.5) is 18.9 Å². The lowest BCUT2D eigenvalue weighted by Gasteiger charge is -2.34. The fraction of sp³-hybridized carbons (Fsp3) is 0.591. The zero-order valence-corrected chi connectivity index (χ0v) is 16.5. The first-order chi connectivity index (χ1) is 14.0. The van der Waals surface area contributed by atoms with Crippen LogP contribution in [-0.4, -0.2) is 40.2 Å². The third-order valence-corrected chi connectivity index (χ3v) is 6.41. The zero-order chi connectivity index (χ0) is 20.0. The minimum atomic E-state index is -4.18. The van der Waals surface area contributed by atoms with Crippen LogP contribution >= 0.6 is 0 Å². The van der Waals surface area contributed by atoms with Gasteiger partial charge in [-0.3, -0.25) is 4.90 Å². The number of aromatic nitrogens is 2. The van der Waals surface area contributed by atoms with E-state index in [0.717, 1.165) is 36.2 Å². The number of alkyl halides is 3. The number of imidazole rings is 1. The van der Waals surface area contributed by atoms with Crippen molar-refractivity contribution in [2.75, 3.05) is 18.0 Å². The van der Waals surface area contributed by atoms with Gasteiger partial charge in [0.25, 0.3) is 0 Å². The second-order valence-electron chi connectivity index (χ2n) is 8.94. The maximum Gasteiger partial charge on any atom is 0.401 e. The number of benzene rings is 1. The average Bonchev–Trinajstić information content (AvgIpc) is 3.58. The minimum absolute atomic E-state index is 0.0730. The van der Waals surface area contributed by atoms with Gasteiger partial charge in [-0.1, -0.05) is 25.0 Å². The molecule has 0 saturated heterocycles. The van der Waals surface area contributed by atoms with E-state index >= 15 is 0 Å². The number of hydrogen-bond acceptors (Lipinski definition) is 3. The first-order valence-electron chi connectivity index (χ1n) is 10.6. The van der Waals surface area contributed by atoms with Gasteiger partial charge in [-0.05, 0) is 48.3 Å². The molecule has 1 aromatic carbocycles. The van der Waals surface area contributed by atoms with Crippen LogP contribution in [0.1, 0.15) is 54.8 Å². The van der Waals surface area contributed by atoms with Gasteiger partial charge in [0.1, 0.15) is 0 Å². The Bertz CT molecular complexity index is 840. The van der Waals surface area contributed by atoms with Crippen molar-refractivity contribution in [1.82, 2.24) is 14.9 Å². The quantitative estimate of drug-likeness (QED) is 0.748. The van der Waals surface area contributed by atoms with Crippen LogP contribution in [-0.2, 0) is 13.1 Å². The van der Waals surface area contributed by atoms with Crippen LogP contribution in [0.25, 0.3) is 0 Å². The summed E-state index contributed by atoms with van der Waals surface area (Å²) in [6.07, 6.45) is 4.93. The highest BCUT2D eigenvalue weighted by atomic mass is 19.4. The van der Waals surface area contributed by atoms with Crippen LogP contribution < -0.4 is 4.90 Å². The topological polar surface area (TPSA) is 35.2 Å². The molecule has 4 nitrogen and oxygen atoms in total. The van der Waals surface area contributed by atoms with Gasteiger partial charge in [-0.25, -0.2) is 4.98 Å². The van der Waals surface area contributed by atoms with Crippen molar-refractivity contribution in [1.29, 1.82) is 0 Å². The highest BCUT2D eigenvalue weighted by molar-refractivity contribution is 5.60. The molecule has 3 aliphatic rings. The summed E-state index contributed by atoms with van der Waals surface area (Å²) < 4.78 is 40.1. The lowest BCUT2D eigenvalue weighted by Crippen LogP contribution is -2.44. The minimum Gasteiger partial charge on any atom is -0.361 e. The molecular weight excluding hydrogens is 377 g/mol. The summed E-state index contributed by atoms with van der Waals surface area (Å²) in [7, 11) is 0. The fourth-order valence-electron chi connectivity index (χ4n) is 4.77. The molecule has 2 fully saturated rings. The van der Waals surface area contributed by atoms with Gasteiger partial charge in [0, 0.05) is 31.0 Å². The molecule has 2 aromatic rings. The number of hydrogen-bond donors (Lipinski definition) is 1. The average molecular weight is 404 g/mol. The Kier molecular flexibility index (Phi) is 4.81. The molecule has 0 unspecified atom stereocenters. The Morgan fingerprint density at radius 1 is 1.14 bits per heavy atom. The van der Waals surface area contributed by atoms with Crippen LogP contribution in [0.2, 0.25) is 0 Å². The third kappa shape index (κ3) is 4.44. The lowest BCUT2D eigenvalue weighted by atomic mass is 9.99. The molecule has 0 radical (unpaired) electrons. The van der Waals surface area contributed by atoms with Crippen molar-refractivity contribution < 1.29 is 13.2 Å². The zero-order valence-electron chi connectivity index (χ0n) is 16.5. The van der Waals surface area contributed by atoms with Gasteiger partial charge < -0.3 is 9.88 Å². The van der Waals surface area contributed by atoms with E-state index in [1.54, 1.807) is 11.2 Å². The molecule has 1 N–H and O–H groups in total. The van der Waals surface area contributed by atoms with Crippen molar-refractivity contribution in [2.45, 2.75) is 63.3 Å². The molecule has 5 rings (SSSR count). The number of aromatic amines is 1. The Morgan fingerprint density at radius 3 is 2.62 bits per heavy atom. The molecule has 1 atom stereocenters.